The van der Waals surface area contributed by atoms with Crippen molar-refractivity contribution < 1.29 is 13.2 Å². The average molecular weight is 391 g/mol. The fraction of sp³-hybridized carbons (Fsp3) is 0.571. The van der Waals surface area contributed by atoms with Crippen molar-refractivity contribution in [3.63, 3.8) is 0 Å². The van der Waals surface area contributed by atoms with Crippen molar-refractivity contribution in [3.8, 4) is 0 Å². The Labute approximate surface area is 163 Å². The summed E-state index contributed by atoms with van der Waals surface area (Å²) in [5.41, 5.74) is 0.836. The molecule has 2 aliphatic heterocycles. The maximum Gasteiger partial charge on any atom is 0.246 e. The highest BCUT2D eigenvalue weighted by molar-refractivity contribution is 7.89. The Hall–Kier alpha value is -1.66. The largest absolute Gasteiger partial charge is 0.336 e. The Morgan fingerprint density at radius 2 is 1.59 bits per heavy atom. The first-order valence-electron chi connectivity index (χ1n) is 10.1. The smallest absolute Gasteiger partial charge is 0.246 e. The van der Waals surface area contributed by atoms with E-state index in [-0.39, 0.29) is 11.9 Å². The summed E-state index contributed by atoms with van der Waals surface area (Å²) in [6, 6.07) is 7.13. The van der Waals surface area contributed by atoms with Gasteiger partial charge >= 0.3 is 0 Å². The summed E-state index contributed by atoms with van der Waals surface area (Å²) in [7, 11) is -3.42. The quantitative estimate of drug-likeness (QED) is 0.737. The molecule has 1 amide bonds. The van der Waals surface area contributed by atoms with E-state index in [4.69, 9.17) is 0 Å². The standard InChI is InChI=1S/C21H30N2O3S/c1-18-8-4-7-17-23(18)21(24)14-11-19-9-12-20(13-10-19)27(25,26)22-15-5-2-3-6-16-22/h9-14,18H,2-8,15-17H2,1H3. The van der Waals surface area contributed by atoms with Crippen LogP contribution in [-0.2, 0) is 14.8 Å². The van der Waals surface area contributed by atoms with Gasteiger partial charge in [0.05, 0.1) is 4.90 Å². The minimum Gasteiger partial charge on any atom is -0.336 e. The van der Waals surface area contributed by atoms with E-state index >= 15 is 0 Å². The van der Waals surface area contributed by atoms with Crippen molar-refractivity contribution in [3.05, 3.63) is 35.9 Å². The third-order valence-electron chi connectivity index (χ3n) is 5.59. The third-order valence-corrected chi connectivity index (χ3v) is 7.50. The highest BCUT2D eigenvalue weighted by Crippen LogP contribution is 2.21. The monoisotopic (exact) mass is 390 g/mol. The van der Waals surface area contributed by atoms with E-state index in [2.05, 4.69) is 6.92 Å². The highest BCUT2D eigenvalue weighted by atomic mass is 32.2. The Balaban J connectivity index is 1.66. The van der Waals surface area contributed by atoms with Crippen molar-refractivity contribution in [2.24, 2.45) is 0 Å². The van der Waals surface area contributed by atoms with Crippen molar-refractivity contribution in [1.82, 2.24) is 9.21 Å². The van der Waals surface area contributed by atoms with Crippen LogP contribution >= 0.6 is 0 Å². The molecule has 5 nitrogen and oxygen atoms in total. The first kappa shape index (κ1) is 20.1. The van der Waals surface area contributed by atoms with E-state index in [1.807, 2.05) is 4.90 Å². The molecule has 1 unspecified atom stereocenters. The number of carbonyl (C=O) groups is 1. The summed E-state index contributed by atoms with van der Waals surface area (Å²) in [5, 5.41) is 0. The summed E-state index contributed by atoms with van der Waals surface area (Å²) in [4.78, 5) is 14.6. The third kappa shape index (κ3) is 4.99. The summed E-state index contributed by atoms with van der Waals surface area (Å²) in [6.45, 7) is 4.11. The zero-order chi connectivity index (χ0) is 19.3. The number of likely N-dealkylation sites (tertiary alicyclic amines) is 1. The molecule has 2 saturated heterocycles. The van der Waals surface area contributed by atoms with Gasteiger partial charge in [0.2, 0.25) is 15.9 Å². The lowest BCUT2D eigenvalue weighted by atomic mass is 10.0. The zero-order valence-electron chi connectivity index (χ0n) is 16.1. The topological polar surface area (TPSA) is 57.7 Å². The second-order valence-electron chi connectivity index (χ2n) is 7.60. The summed E-state index contributed by atoms with van der Waals surface area (Å²) >= 11 is 0. The SMILES string of the molecule is CC1CCCCN1C(=O)C=Cc1ccc(S(=O)(=O)N2CCCCCC2)cc1. The van der Waals surface area contributed by atoms with Crippen molar-refractivity contribution in [2.75, 3.05) is 19.6 Å². The summed E-state index contributed by atoms with van der Waals surface area (Å²) in [6.07, 6.45) is 10.7. The molecule has 0 N–H and O–H groups in total. The molecule has 2 heterocycles. The number of rotatable bonds is 4. The molecule has 1 atom stereocenters. The number of nitrogens with zero attached hydrogens (tertiary/aromatic N) is 2. The molecule has 0 bridgehead atoms. The fourth-order valence-corrected chi connectivity index (χ4v) is 5.39. The molecule has 3 rings (SSSR count). The number of carbonyl (C=O) groups excluding carboxylic acids is 1. The van der Waals surface area contributed by atoms with Gasteiger partial charge in [-0.2, -0.15) is 4.31 Å². The first-order valence-corrected chi connectivity index (χ1v) is 11.5. The number of hydrogen-bond donors (Lipinski definition) is 0. The molecule has 0 radical (unpaired) electrons. The van der Waals surface area contributed by atoms with E-state index in [0.29, 0.717) is 18.0 Å². The highest BCUT2D eigenvalue weighted by Gasteiger charge is 2.25. The van der Waals surface area contributed by atoms with E-state index in [1.165, 1.54) is 6.42 Å². The van der Waals surface area contributed by atoms with Crippen LogP contribution in [0, 0.1) is 0 Å². The summed E-state index contributed by atoms with van der Waals surface area (Å²) in [5.74, 6) is 0.0310. The minimum absolute atomic E-state index is 0.0310. The van der Waals surface area contributed by atoms with E-state index in [1.54, 1.807) is 40.7 Å². The van der Waals surface area contributed by atoms with Gasteiger partial charge in [-0.1, -0.05) is 25.0 Å². The molecule has 0 spiro atoms. The molecule has 6 heteroatoms. The van der Waals surface area contributed by atoms with Crippen LogP contribution in [-0.4, -0.2) is 49.2 Å². The Bertz CT molecular complexity index is 763. The van der Waals surface area contributed by atoms with Crippen LogP contribution in [0.2, 0.25) is 0 Å². The molecule has 0 aromatic heterocycles. The van der Waals surface area contributed by atoms with Crippen molar-refractivity contribution in [1.29, 1.82) is 0 Å². The van der Waals surface area contributed by atoms with Crippen LogP contribution in [0.3, 0.4) is 0 Å². The van der Waals surface area contributed by atoms with Crippen LogP contribution in [0.5, 0.6) is 0 Å². The van der Waals surface area contributed by atoms with Crippen LogP contribution in [0.1, 0.15) is 57.4 Å². The Morgan fingerprint density at radius 3 is 2.22 bits per heavy atom. The Morgan fingerprint density at radius 1 is 0.963 bits per heavy atom. The second kappa shape index (κ2) is 9.02. The fourth-order valence-electron chi connectivity index (χ4n) is 3.87. The first-order chi connectivity index (χ1) is 13.0. The molecule has 1 aromatic rings. The molecule has 0 aliphatic carbocycles. The second-order valence-corrected chi connectivity index (χ2v) is 9.54. The van der Waals surface area contributed by atoms with Crippen LogP contribution in [0.25, 0.3) is 6.08 Å². The van der Waals surface area contributed by atoms with Crippen LogP contribution < -0.4 is 0 Å². The molecule has 148 valence electrons. The van der Waals surface area contributed by atoms with E-state index < -0.39 is 10.0 Å². The van der Waals surface area contributed by atoms with Gasteiger partial charge in [-0.25, -0.2) is 8.42 Å². The van der Waals surface area contributed by atoms with Gasteiger partial charge in [-0.15, -0.1) is 0 Å². The van der Waals surface area contributed by atoms with Gasteiger partial charge in [0, 0.05) is 31.8 Å². The predicted molar refractivity (Wildman–Crippen MR) is 108 cm³/mol. The van der Waals surface area contributed by atoms with E-state index in [9.17, 15) is 13.2 Å². The maximum absolute atomic E-state index is 12.8. The molecule has 2 fully saturated rings. The number of hydrogen-bond acceptors (Lipinski definition) is 3. The normalized spacial score (nSPS) is 22.7. The zero-order valence-corrected chi connectivity index (χ0v) is 17.0. The van der Waals surface area contributed by atoms with Gasteiger partial charge in [0.25, 0.3) is 0 Å². The maximum atomic E-state index is 12.8. The number of sulfonamides is 1. The molecular weight excluding hydrogens is 360 g/mol. The molecule has 2 aliphatic rings. The summed E-state index contributed by atoms with van der Waals surface area (Å²) < 4.78 is 27.2. The lowest BCUT2D eigenvalue weighted by molar-refractivity contribution is -0.129. The minimum atomic E-state index is -3.42. The van der Waals surface area contributed by atoms with Gasteiger partial charge in [-0.05, 0) is 62.8 Å². The van der Waals surface area contributed by atoms with Crippen molar-refractivity contribution in [2.45, 2.75) is 62.8 Å². The van der Waals surface area contributed by atoms with Gasteiger partial charge < -0.3 is 4.90 Å². The molecule has 27 heavy (non-hydrogen) atoms. The number of benzene rings is 1. The lowest BCUT2D eigenvalue weighted by Crippen LogP contribution is -2.41. The number of piperidine rings is 1. The molecular formula is C21H30N2O3S. The van der Waals surface area contributed by atoms with Gasteiger partial charge in [0.15, 0.2) is 0 Å². The van der Waals surface area contributed by atoms with Crippen LogP contribution in [0.15, 0.2) is 35.2 Å². The van der Waals surface area contributed by atoms with Crippen LogP contribution in [0.4, 0.5) is 0 Å². The van der Waals surface area contributed by atoms with Gasteiger partial charge in [-0.3, -0.25) is 4.79 Å². The number of amides is 1. The predicted octanol–water partition coefficient (Wildman–Crippen LogP) is 3.67. The van der Waals surface area contributed by atoms with Crippen molar-refractivity contribution >= 4 is 22.0 Å². The average Bonchev–Trinajstić information content (AvgIpc) is 2.97. The molecule has 1 aromatic carbocycles. The lowest BCUT2D eigenvalue weighted by Gasteiger charge is -2.32. The van der Waals surface area contributed by atoms with Gasteiger partial charge in [0.1, 0.15) is 0 Å². The Kier molecular flexibility index (Phi) is 6.71. The van der Waals surface area contributed by atoms with E-state index in [0.717, 1.165) is 50.6 Å². The molecule has 0 saturated carbocycles.